The second-order valence-electron chi connectivity index (χ2n) is 10.5. The predicted molar refractivity (Wildman–Crippen MR) is 133 cm³/mol. The molecule has 0 heterocycles. The number of hydrogen-bond donors (Lipinski definition) is 0. The van der Waals surface area contributed by atoms with Crippen molar-refractivity contribution < 1.29 is 19.1 Å². The quantitative estimate of drug-likeness (QED) is 0.407. The Morgan fingerprint density at radius 2 is 1.29 bits per heavy atom. The molecule has 4 nitrogen and oxygen atoms in total. The molecule has 2 bridgehead atoms. The fourth-order valence-corrected chi connectivity index (χ4v) is 7.17. The third kappa shape index (κ3) is 4.05. The lowest BCUT2D eigenvalue weighted by atomic mass is 9.67. The minimum absolute atomic E-state index is 0.141. The van der Waals surface area contributed by atoms with Gasteiger partial charge in [0.1, 0.15) is 12.2 Å². The Balaban J connectivity index is 1.29. The van der Waals surface area contributed by atoms with Crippen molar-refractivity contribution in [1.82, 2.24) is 0 Å². The van der Waals surface area contributed by atoms with Crippen LogP contribution in [-0.2, 0) is 9.47 Å². The van der Waals surface area contributed by atoms with Crippen molar-refractivity contribution in [3.05, 3.63) is 108 Å². The molecule has 0 saturated heterocycles. The van der Waals surface area contributed by atoms with Gasteiger partial charge in [0.15, 0.2) is 0 Å². The lowest BCUT2D eigenvalue weighted by Gasteiger charge is -2.44. The van der Waals surface area contributed by atoms with E-state index in [2.05, 4.69) is 30.3 Å². The van der Waals surface area contributed by atoms with Gasteiger partial charge in [0.25, 0.3) is 0 Å². The molecule has 3 aliphatic rings. The number of ether oxygens (including phenoxy) is 2. The van der Waals surface area contributed by atoms with Gasteiger partial charge in [-0.15, -0.1) is 0 Å². The maximum absolute atomic E-state index is 13.1. The predicted octanol–water partition coefficient (Wildman–Crippen LogP) is 6.43. The van der Waals surface area contributed by atoms with E-state index >= 15 is 0 Å². The molecule has 0 spiro atoms. The summed E-state index contributed by atoms with van der Waals surface area (Å²) in [6.45, 7) is 0. The summed E-state index contributed by atoms with van der Waals surface area (Å²) in [5.74, 6) is 0.501. The lowest BCUT2D eigenvalue weighted by molar-refractivity contribution is -0.102. The summed E-state index contributed by atoms with van der Waals surface area (Å²) in [5.41, 5.74) is 2.59. The first kappa shape index (κ1) is 22.1. The van der Waals surface area contributed by atoms with Crippen LogP contribution in [0.15, 0.2) is 91.0 Å². The third-order valence-electron chi connectivity index (χ3n) is 8.66. The number of carbonyl (C=O) groups excluding carboxylic acids is 2. The van der Waals surface area contributed by atoms with E-state index in [9.17, 15) is 9.59 Å². The third-order valence-corrected chi connectivity index (χ3v) is 8.66. The summed E-state index contributed by atoms with van der Waals surface area (Å²) in [7, 11) is 0. The van der Waals surface area contributed by atoms with Crippen LogP contribution in [0, 0.1) is 17.3 Å². The fraction of sp³-hybridized carbons (Fsp3) is 0.355. The zero-order chi connectivity index (χ0) is 23.8. The largest absolute Gasteiger partial charge is 0.455 e. The number of hydrogen-bond acceptors (Lipinski definition) is 4. The molecule has 3 saturated carbocycles. The van der Waals surface area contributed by atoms with Gasteiger partial charge < -0.3 is 9.47 Å². The molecule has 6 atom stereocenters. The van der Waals surface area contributed by atoms with E-state index in [1.54, 1.807) is 24.3 Å². The lowest BCUT2D eigenvalue weighted by Crippen LogP contribution is -2.49. The van der Waals surface area contributed by atoms with Crippen LogP contribution in [0.3, 0.4) is 0 Å². The van der Waals surface area contributed by atoms with E-state index in [-0.39, 0.29) is 23.3 Å². The van der Waals surface area contributed by atoms with Crippen LogP contribution < -0.4 is 0 Å². The van der Waals surface area contributed by atoms with Crippen LogP contribution in [0.5, 0.6) is 0 Å². The maximum atomic E-state index is 13.1. The molecule has 3 fully saturated rings. The van der Waals surface area contributed by atoms with E-state index in [0.717, 1.165) is 32.1 Å². The molecule has 0 amide bonds. The Morgan fingerprint density at radius 1 is 0.714 bits per heavy atom. The van der Waals surface area contributed by atoms with Gasteiger partial charge in [-0.05, 0) is 79.2 Å². The molecule has 0 N–H and O–H groups in total. The van der Waals surface area contributed by atoms with Crippen LogP contribution in [0.4, 0.5) is 0 Å². The monoisotopic (exact) mass is 466 g/mol. The second-order valence-corrected chi connectivity index (χ2v) is 10.5. The number of esters is 2. The van der Waals surface area contributed by atoms with E-state index in [1.165, 1.54) is 5.56 Å². The Bertz CT molecular complexity index is 1190. The Labute approximate surface area is 206 Å². The standard InChI is InChI=1S/C31H30O4/c32-29(22-12-6-2-7-13-22)34-27-20-31-17-16-25(28(27)35-30(33)23-14-8-3-9-15-23)26(31)18-24(19-31)21-10-4-1-5-11-21/h1-15,24-28H,16-20H2. The van der Waals surface area contributed by atoms with Crippen molar-refractivity contribution in [2.24, 2.45) is 17.3 Å². The van der Waals surface area contributed by atoms with Crippen molar-refractivity contribution in [3.8, 4) is 0 Å². The first-order valence-electron chi connectivity index (χ1n) is 12.7. The van der Waals surface area contributed by atoms with Gasteiger partial charge >= 0.3 is 11.9 Å². The van der Waals surface area contributed by atoms with Crippen molar-refractivity contribution >= 4 is 11.9 Å². The molecule has 6 rings (SSSR count). The number of carbonyl (C=O) groups is 2. The first-order valence-corrected chi connectivity index (χ1v) is 12.7. The highest BCUT2D eigenvalue weighted by Crippen LogP contribution is 2.67. The molecule has 3 aromatic carbocycles. The molecule has 0 aliphatic heterocycles. The van der Waals surface area contributed by atoms with E-state index in [0.29, 0.717) is 23.0 Å². The van der Waals surface area contributed by atoms with Crippen molar-refractivity contribution in [2.45, 2.75) is 50.2 Å². The average molecular weight is 467 g/mol. The summed E-state index contributed by atoms with van der Waals surface area (Å²) in [6, 6.07) is 29.0. The smallest absolute Gasteiger partial charge is 0.338 e. The Kier molecular flexibility index (Phi) is 5.68. The van der Waals surface area contributed by atoms with Gasteiger partial charge in [-0.1, -0.05) is 66.7 Å². The van der Waals surface area contributed by atoms with Crippen LogP contribution in [0.1, 0.15) is 64.3 Å². The van der Waals surface area contributed by atoms with Crippen molar-refractivity contribution in [2.75, 3.05) is 0 Å². The van der Waals surface area contributed by atoms with Crippen molar-refractivity contribution in [1.29, 1.82) is 0 Å². The van der Waals surface area contributed by atoms with E-state index < -0.39 is 12.2 Å². The highest BCUT2D eigenvalue weighted by Gasteiger charge is 2.63. The molecule has 4 heteroatoms. The molecular weight excluding hydrogens is 436 g/mol. The van der Waals surface area contributed by atoms with E-state index in [1.807, 2.05) is 36.4 Å². The van der Waals surface area contributed by atoms with E-state index in [4.69, 9.17) is 9.47 Å². The summed E-state index contributed by atoms with van der Waals surface area (Å²) in [5, 5.41) is 0. The summed E-state index contributed by atoms with van der Waals surface area (Å²) >= 11 is 0. The Hall–Kier alpha value is -3.40. The van der Waals surface area contributed by atoms with Gasteiger partial charge in [0.2, 0.25) is 0 Å². The maximum Gasteiger partial charge on any atom is 0.338 e. The molecule has 178 valence electrons. The average Bonchev–Trinajstić information content (AvgIpc) is 3.40. The summed E-state index contributed by atoms with van der Waals surface area (Å²) in [6.07, 6.45) is 4.22. The van der Waals surface area contributed by atoms with Gasteiger partial charge in [-0.3, -0.25) is 0 Å². The van der Waals surface area contributed by atoms with Crippen LogP contribution in [0.2, 0.25) is 0 Å². The molecule has 0 radical (unpaired) electrons. The van der Waals surface area contributed by atoms with Crippen LogP contribution in [-0.4, -0.2) is 24.1 Å². The number of rotatable bonds is 5. The molecule has 3 aliphatic carbocycles. The number of benzene rings is 3. The zero-order valence-electron chi connectivity index (χ0n) is 19.7. The second kappa shape index (κ2) is 8.99. The summed E-state index contributed by atoms with van der Waals surface area (Å²) in [4.78, 5) is 26.2. The minimum Gasteiger partial charge on any atom is -0.455 e. The Morgan fingerprint density at radius 3 is 1.91 bits per heavy atom. The molecular formula is C31H30O4. The molecule has 3 aromatic rings. The zero-order valence-corrected chi connectivity index (χ0v) is 19.7. The fourth-order valence-electron chi connectivity index (χ4n) is 7.17. The molecule has 35 heavy (non-hydrogen) atoms. The van der Waals surface area contributed by atoms with Gasteiger partial charge in [-0.25, -0.2) is 9.59 Å². The highest BCUT2D eigenvalue weighted by atomic mass is 16.6. The van der Waals surface area contributed by atoms with Crippen LogP contribution in [0.25, 0.3) is 0 Å². The van der Waals surface area contributed by atoms with Crippen LogP contribution >= 0.6 is 0 Å². The molecule has 0 aromatic heterocycles. The van der Waals surface area contributed by atoms with Gasteiger partial charge in [-0.2, -0.15) is 0 Å². The van der Waals surface area contributed by atoms with Crippen molar-refractivity contribution in [3.63, 3.8) is 0 Å². The minimum atomic E-state index is -0.436. The normalized spacial score (nSPS) is 30.9. The highest BCUT2D eigenvalue weighted by molar-refractivity contribution is 5.90. The molecule has 6 unspecified atom stereocenters. The SMILES string of the molecule is O=C(OC1CC23CCC(C1OC(=O)c1ccccc1)C2CC(c1ccccc1)C3)c1ccccc1. The van der Waals surface area contributed by atoms with Gasteiger partial charge in [0.05, 0.1) is 11.1 Å². The van der Waals surface area contributed by atoms with Gasteiger partial charge in [0, 0.05) is 5.92 Å². The topological polar surface area (TPSA) is 52.6 Å². The first-order chi connectivity index (χ1) is 17.1. The summed E-state index contributed by atoms with van der Waals surface area (Å²) < 4.78 is 12.3.